The number of halogens is 1. The summed E-state index contributed by atoms with van der Waals surface area (Å²) in [6.07, 6.45) is 0.907. The maximum Gasteiger partial charge on any atom is 0.257 e. The van der Waals surface area contributed by atoms with Crippen molar-refractivity contribution in [2.75, 3.05) is 18.8 Å². The van der Waals surface area contributed by atoms with Crippen LogP contribution in [0.2, 0.25) is 0 Å². The highest BCUT2D eigenvalue weighted by molar-refractivity contribution is 9.10. The molecule has 0 bridgehead atoms. The van der Waals surface area contributed by atoms with E-state index < -0.39 is 9.84 Å². The zero-order valence-corrected chi connectivity index (χ0v) is 18.1. The van der Waals surface area contributed by atoms with Gasteiger partial charge in [0.25, 0.3) is 5.89 Å². The molecule has 0 atom stereocenters. The third-order valence-corrected chi connectivity index (χ3v) is 7.04. The second-order valence-electron chi connectivity index (χ2n) is 6.03. The van der Waals surface area contributed by atoms with Crippen LogP contribution in [0.1, 0.15) is 19.2 Å². The summed E-state index contributed by atoms with van der Waals surface area (Å²) < 4.78 is 31.7. The van der Waals surface area contributed by atoms with Crippen molar-refractivity contribution in [3.8, 4) is 10.8 Å². The fraction of sp³-hybridized carbons (Fsp3) is 0.333. The van der Waals surface area contributed by atoms with Crippen molar-refractivity contribution in [2.24, 2.45) is 0 Å². The Morgan fingerprint density at radius 1 is 1.15 bits per heavy atom. The van der Waals surface area contributed by atoms with Gasteiger partial charge in [-0.05, 0) is 48.7 Å². The summed E-state index contributed by atoms with van der Waals surface area (Å²) >= 11 is 4.86. The molecule has 0 aliphatic heterocycles. The van der Waals surface area contributed by atoms with Crippen LogP contribution in [-0.2, 0) is 16.4 Å². The van der Waals surface area contributed by atoms with Gasteiger partial charge in [0.05, 0.1) is 22.1 Å². The van der Waals surface area contributed by atoms with Crippen molar-refractivity contribution >= 4 is 37.1 Å². The van der Waals surface area contributed by atoms with Crippen molar-refractivity contribution in [1.82, 2.24) is 15.1 Å². The normalized spacial score (nSPS) is 12.0. The van der Waals surface area contributed by atoms with Gasteiger partial charge >= 0.3 is 0 Å². The van der Waals surface area contributed by atoms with Gasteiger partial charge in [-0.3, -0.25) is 4.90 Å². The summed E-state index contributed by atoms with van der Waals surface area (Å²) in [5, 5.41) is 10.1. The molecule has 0 spiro atoms. The molecule has 0 saturated carbocycles. The standard InChI is InChI=1S/C18H20BrN3O3S2/c1-2-9-22(10-12-27(23,24)15-7-5-14(19)6-8-15)13-17-20-21-18(25-17)16-4-3-11-26-16/h3-8,11H,2,9-10,12-13H2,1H3. The number of aromatic nitrogens is 2. The van der Waals surface area contributed by atoms with Gasteiger partial charge in [0, 0.05) is 11.0 Å². The summed E-state index contributed by atoms with van der Waals surface area (Å²) in [7, 11) is -3.34. The number of rotatable bonds is 9. The minimum atomic E-state index is -3.34. The minimum absolute atomic E-state index is 0.0422. The Kier molecular flexibility index (Phi) is 6.80. The fourth-order valence-corrected chi connectivity index (χ4v) is 4.80. The molecule has 0 N–H and O–H groups in total. The van der Waals surface area contributed by atoms with Crippen molar-refractivity contribution in [3.63, 3.8) is 0 Å². The summed E-state index contributed by atoms with van der Waals surface area (Å²) in [6, 6.07) is 10.6. The molecule has 144 valence electrons. The smallest absolute Gasteiger partial charge is 0.257 e. The molecule has 3 aromatic rings. The number of hydrogen-bond donors (Lipinski definition) is 0. The molecule has 2 aromatic heterocycles. The van der Waals surface area contributed by atoms with E-state index >= 15 is 0 Å². The van der Waals surface area contributed by atoms with E-state index in [1.165, 1.54) is 11.3 Å². The van der Waals surface area contributed by atoms with Crippen LogP contribution in [0.3, 0.4) is 0 Å². The van der Waals surface area contributed by atoms with Gasteiger partial charge in [-0.2, -0.15) is 0 Å². The number of benzene rings is 1. The van der Waals surface area contributed by atoms with E-state index in [1.54, 1.807) is 24.3 Å². The quantitative estimate of drug-likeness (QED) is 0.466. The highest BCUT2D eigenvalue weighted by Crippen LogP contribution is 2.23. The summed E-state index contributed by atoms with van der Waals surface area (Å²) in [6.45, 7) is 3.65. The van der Waals surface area contributed by atoms with Crippen LogP contribution in [0, 0.1) is 0 Å². The molecular weight excluding hydrogens is 450 g/mol. The molecule has 0 aliphatic carbocycles. The van der Waals surface area contributed by atoms with Crippen molar-refractivity contribution < 1.29 is 12.8 Å². The average molecular weight is 470 g/mol. The zero-order valence-electron chi connectivity index (χ0n) is 14.8. The lowest BCUT2D eigenvalue weighted by atomic mass is 10.4. The Morgan fingerprint density at radius 3 is 2.59 bits per heavy atom. The molecule has 1 aromatic carbocycles. The van der Waals surface area contributed by atoms with Gasteiger partial charge in [-0.25, -0.2) is 8.42 Å². The topological polar surface area (TPSA) is 76.3 Å². The third-order valence-electron chi connectivity index (χ3n) is 3.95. The number of thiophene rings is 1. The van der Waals surface area contributed by atoms with E-state index in [4.69, 9.17) is 4.42 Å². The Morgan fingerprint density at radius 2 is 1.93 bits per heavy atom. The van der Waals surface area contributed by atoms with Crippen LogP contribution in [0.5, 0.6) is 0 Å². The van der Waals surface area contributed by atoms with Gasteiger partial charge in [0.15, 0.2) is 9.84 Å². The minimum Gasteiger partial charge on any atom is -0.419 e. The van der Waals surface area contributed by atoms with E-state index in [-0.39, 0.29) is 5.75 Å². The van der Waals surface area contributed by atoms with Crippen LogP contribution in [-0.4, -0.2) is 42.4 Å². The molecule has 0 saturated heterocycles. The zero-order chi connectivity index (χ0) is 19.3. The van der Waals surface area contributed by atoms with E-state index in [0.717, 1.165) is 22.3 Å². The number of hydrogen-bond acceptors (Lipinski definition) is 7. The highest BCUT2D eigenvalue weighted by Gasteiger charge is 2.18. The molecule has 6 nitrogen and oxygen atoms in total. The van der Waals surface area contributed by atoms with E-state index in [2.05, 4.69) is 33.1 Å². The Hall–Kier alpha value is -1.55. The SMILES string of the molecule is CCCN(CCS(=O)(=O)c1ccc(Br)cc1)Cc1nnc(-c2cccs2)o1. The van der Waals surface area contributed by atoms with Crippen LogP contribution in [0.4, 0.5) is 0 Å². The molecule has 9 heteroatoms. The monoisotopic (exact) mass is 469 g/mol. The first-order chi connectivity index (χ1) is 13.0. The van der Waals surface area contributed by atoms with Gasteiger partial charge in [0.1, 0.15) is 0 Å². The number of nitrogens with zero attached hydrogens (tertiary/aromatic N) is 3. The van der Waals surface area contributed by atoms with Gasteiger partial charge in [-0.1, -0.05) is 28.9 Å². The lowest BCUT2D eigenvalue weighted by molar-refractivity contribution is 0.253. The first-order valence-electron chi connectivity index (χ1n) is 8.55. The predicted octanol–water partition coefficient (Wildman–Crippen LogP) is 4.25. The molecule has 0 aliphatic rings. The Labute approximate surface area is 171 Å². The van der Waals surface area contributed by atoms with Gasteiger partial charge in [-0.15, -0.1) is 21.5 Å². The van der Waals surface area contributed by atoms with E-state index in [9.17, 15) is 8.42 Å². The summed E-state index contributed by atoms with van der Waals surface area (Å²) in [4.78, 5) is 3.29. The molecule has 27 heavy (non-hydrogen) atoms. The van der Waals surface area contributed by atoms with E-state index in [1.807, 2.05) is 22.4 Å². The first kappa shape index (κ1) is 20.2. The Bertz CT molecular complexity index is 954. The predicted molar refractivity (Wildman–Crippen MR) is 109 cm³/mol. The van der Waals surface area contributed by atoms with Crippen LogP contribution in [0.25, 0.3) is 10.8 Å². The molecule has 0 amide bonds. The maximum absolute atomic E-state index is 12.6. The summed E-state index contributed by atoms with van der Waals surface area (Å²) in [5.74, 6) is 1.03. The van der Waals surface area contributed by atoms with Crippen molar-refractivity contribution in [3.05, 3.63) is 52.1 Å². The van der Waals surface area contributed by atoms with E-state index in [0.29, 0.717) is 29.8 Å². The van der Waals surface area contributed by atoms with Gasteiger partial charge in [0.2, 0.25) is 5.89 Å². The summed E-state index contributed by atoms with van der Waals surface area (Å²) in [5.41, 5.74) is 0. The second kappa shape index (κ2) is 9.09. The lowest BCUT2D eigenvalue weighted by Gasteiger charge is -2.19. The Balaban J connectivity index is 1.64. The first-order valence-corrected chi connectivity index (χ1v) is 11.9. The largest absolute Gasteiger partial charge is 0.419 e. The second-order valence-corrected chi connectivity index (χ2v) is 10.00. The maximum atomic E-state index is 12.6. The van der Waals surface area contributed by atoms with Crippen LogP contribution in [0.15, 0.2) is 55.6 Å². The molecule has 2 heterocycles. The van der Waals surface area contributed by atoms with Crippen molar-refractivity contribution in [1.29, 1.82) is 0 Å². The van der Waals surface area contributed by atoms with Gasteiger partial charge < -0.3 is 4.42 Å². The molecule has 3 rings (SSSR count). The van der Waals surface area contributed by atoms with Crippen molar-refractivity contribution in [2.45, 2.75) is 24.8 Å². The molecular formula is C18H20BrN3O3S2. The molecule has 0 fully saturated rings. The van der Waals surface area contributed by atoms with Crippen LogP contribution >= 0.6 is 27.3 Å². The molecule has 0 unspecified atom stereocenters. The fourth-order valence-electron chi connectivity index (χ4n) is 2.60. The number of sulfone groups is 1. The molecule has 0 radical (unpaired) electrons. The van der Waals surface area contributed by atoms with Crippen LogP contribution < -0.4 is 0 Å². The highest BCUT2D eigenvalue weighted by atomic mass is 79.9. The average Bonchev–Trinajstić information content (AvgIpc) is 3.32. The third kappa shape index (κ3) is 5.47. The lowest BCUT2D eigenvalue weighted by Crippen LogP contribution is -2.30.